The molecule has 3 nitrogen and oxygen atoms in total. The topological polar surface area (TPSA) is 41.6 Å². The molecule has 0 bridgehead atoms. The lowest BCUT2D eigenvalue weighted by Gasteiger charge is -1.96. The largest absolute Gasteiger partial charge is 0.267 e. The molecule has 0 saturated heterocycles. The average molecular weight is 233 g/mol. The van der Waals surface area contributed by atoms with Gasteiger partial charge in [-0.1, -0.05) is 30.3 Å². The van der Waals surface area contributed by atoms with E-state index in [1.165, 1.54) is 0 Å². The summed E-state index contributed by atoms with van der Waals surface area (Å²) in [5.41, 5.74) is 3.68. The van der Waals surface area contributed by atoms with Crippen LogP contribution in [0.25, 0.3) is 22.2 Å². The standard InChI is InChI=1S/C15H11N3/c1-18-14-9-11(10-16)7-8-13(14)15(17-18)12-5-3-2-4-6-12/h2-9H,1H3. The molecule has 1 aromatic heterocycles. The zero-order chi connectivity index (χ0) is 12.5. The Balaban J connectivity index is 2.30. The Kier molecular flexibility index (Phi) is 2.35. The third-order valence-electron chi connectivity index (χ3n) is 3.03. The predicted molar refractivity (Wildman–Crippen MR) is 70.9 cm³/mol. The monoisotopic (exact) mass is 233 g/mol. The summed E-state index contributed by atoms with van der Waals surface area (Å²) >= 11 is 0. The molecule has 2 aromatic carbocycles. The van der Waals surface area contributed by atoms with E-state index in [9.17, 15) is 0 Å². The van der Waals surface area contributed by atoms with Crippen molar-refractivity contribution in [3.05, 3.63) is 54.1 Å². The molecule has 1 heterocycles. The van der Waals surface area contributed by atoms with Gasteiger partial charge in [-0.3, -0.25) is 4.68 Å². The minimum atomic E-state index is 0.658. The van der Waals surface area contributed by atoms with E-state index in [2.05, 4.69) is 11.2 Å². The quantitative estimate of drug-likeness (QED) is 0.648. The number of fused-ring (bicyclic) bond motifs is 1. The molecular formula is C15H11N3. The van der Waals surface area contributed by atoms with Gasteiger partial charge in [0.25, 0.3) is 0 Å². The molecule has 0 unspecified atom stereocenters. The van der Waals surface area contributed by atoms with Crippen LogP contribution >= 0.6 is 0 Å². The van der Waals surface area contributed by atoms with E-state index in [1.54, 1.807) is 0 Å². The van der Waals surface area contributed by atoms with Gasteiger partial charge in [-0.2, -0.15) is 10.4 Å². The first kappa shape index (κ1) is 10.5. The van der Waals surface area contributed by atoms with Gasteiger partial charge in [-0.25, -0.2) is 0 Å². The molecule has 0 N–H and O–H groups in total. The fourth-order valence-electron chi connectivity index (χ4n) is 2.14. The summed E-state index contributed by atoms with van der Waals surface area (Å²) in [5.74, 6) is 0. The second-order valence-electron chi connectivity index (χ2n) is 4.18. The molecule has 0 saturated carbocycles. The number of nitriles is 1. The summed E-state index contributed by atoms with van der Waals surface area (Å²) in [6.07, 6.45) is 0. The molecule has 0 atom stereocenters. The maximum Gasteiger partial charge on any atom is 0.100 e. The normalized spacial score (nSPS) is 10.4. The number of hydrogen-bond acceptors (Lipinski definition) is 2. The van der Waals surface area contributed by atoms with Crippen LogP contribution in [-0.2, 0) is 7.05 Å². The van der Waals surface area contributed by atoms with Crippen LogP contribution in [0.3, 0.4) is 0 Å². The molecule has 3 aromatic rings. The fraction of sp³-hybridized carbons (Fsp3) is 0.0667. The highest BCUT2D eigenvalue weighted by molar-refractivity contribution is 5.93. The van der Waals surface area contributed by atoms with Gasteiger partial charge < -0.3 is 0 Å². The van der Waals surface area contributed by atoms with E-state index in [-0.39, 0.29) is 0 Å². The highest BCUT2D eigenvalue weighted by Crippen LogP contribution is 2.27. The van der Waals surface area contributed by atoms with Gasteiger partial charge in [0.2, 0.25) is 0 Å². The number of hydrogen-bond donors (Lipinski definition) is 0. The zero-order valence-corrected chi connectivity index (χ0v) is 9.96. The maximum absolute atomic E-state index is 8.93. The molecule has 3 heteroatoms. The molecule has 0 spiro atoms. The van der Waals surface area contributed by atoms with Crippen LogP contribution in [0.15, 0.2) is 48.5 Å². The van der Waals surface area contributed by atoms with Gasteiger partial charge in [0.1, 0.15) is 5.69 Å². The van der Waals surface area contributed by atoms with Gasteiger partial charge >= 0.3 is 0 Å². The van der Waals surface area contributed by atoms with Crippen LogP contribution in [-0.4, -0.2) is 9.78 Å². The van der Waals surface area contributed by atoms with Crippen molar-refractivity contribution in [1.29, 1.82) is 5.26 Å². The van der Waals surface area contributed by atoms with Gasteiger partial charge in [0.05, 0.1) is 17.1 Å². The first-order valence-corrected chi connectivity index (χ1v) is 5.72. The fourth-order valence-corrected chi connectivity index (χ4v) is 2.14. The first-order chi connectivity index (χ1) is 8.79. The Morgan fingerprint density at radius 2 is 1.89 bits per heavy atom. The first-order valence-electron chi connectivity index (χ1n) is 5.72. The molecule has 0 amide bonds. The van der Waals surface area contributed by atoms with Crippen LogP contribution in [0.2, 0.25) is 0 Å². The minimum absolute atomic E-state index is 0.658. The highest BCUT2D eigenvalue weighted by Gasteiger charge is 2.10. The second kappa shape index (κ2) is 4.01. The molecule has 18 heavy (non-hydrogen) atoms. The minimum Gasteiger partial charge on any atom is -0.267 e. The average Bonchev–Trinajstić information content (AvgIpc) is 2.77. The van der Waals surface area contributed by atoms with Gasteiger partial charge in [0.15, 0.2) is 0 Å². The Morgan fingerprint density at radius 1 is 1.11 bits per heavy atom. The molecule has 3 rings (SSSR count). The van der Waals surface area contributed by atoms with Gasteiger partial charge in [-0.05, 0) is 18.2 Å². The summed E-state index contributed by atoms with van der Waals surface area (Å²) in [4.78, 5) is 0. The van der Waals surface area contributed by atoms with Crippen LogP contribution in [0.5, 0.6) is 0 Å². The maximum atomic E-state index is 8.93. The molecule has 0 aliphatic heterocycles. The van der Waals surface area contributed by atoms with E-state index in [4.69, 9.17) is 5.26 Å². The molecule has 86 valence electrons. The van der Waals surface area contributed by atoms with E-state index >= 15 is 0 Å². The van der Waals surface area contributed by atoms with Crippen molar-refractivity contribution in [1.82, 2.24) is 9.78 Å². The Bertz CT molecular complexity index is 748. The Labute approximate surface area is 105 Å². The van der Waals surface area contributed by atoms with Crippen LogP contribution in [0.1, 0.15) is 5.56 Å². The molecular weight excluding hydrogens is 222 g/mol. The smallest absolute Gasteiger partial charge is 0.100 e. The van der Waals surface area contributed by atoms with Crippen LogP contribution < -0.4 is 0 Å². The predicted octanol–water partition coefficient (Wildman–Crippen LogP) is 3.11. The van der Waals surface area contributed by atoms with E-state index in [0.717, 1.165) is 22.2 Å². The number of aryl methyl sites for hydroxylation is 1. The third-order valence-corrected chi connectivity index (χ3v) is 3.03. The van der Waals surface area contributed by atoms with Crippen molar-refractivity contribution in [2.24, 2.45) is 7.05 Å². The summed E-state index contributed by atoms with van der Waals surface area (Å²) in [6, 6.07) is 17.9. The van der Waals surface area contributed by atoms with Crippen LogP contribution in [0.4, 0.5) is 0 Å². The lowest BCUT2D eigenvalue weighted by molar-refractivity contribution is 0.800. The van der Waals surface area contributed by atoms with E-state index in [0.29, 0.717) is 5.56 Å². The van der Waals surface area contributed by atoms with Crippen molar-refractivity contribution >= 4 is 10.9 Å². The lowest BCUT2D eigenvalue weighted by Crippen LogP contribution is -1.89. The molecule has 0 radical (unpaired) electrons. The van der Waals surface area contributed by atoms with Crippen molar-refractivity contribution in [3.8, 4) is 17.3 Å². The van der Waals surface area contributed by atoms with Crippen molar-refractivity contribution in [3.63, 3.8) is 0 Å². The van der Waals surface area contributed by atoms with Crippen molar-refractivity contribution in [2.45, 2.75) is 0 Å². The summed E-state index contributed by atoms with van der Waals surface area (Å²) < 4.78 is 1.82. The number of aromatic nitrogens is 2. The summed E-state index contributed by atoms with van der Waals surface area (Å²) in [5, 5.41) is 14.5. The Morgan fingerprint density at radius 3 is 2.61 bits per heavy atom. The van der Waals surface area contributed by atoms with Crippen molar-refractivity contribution < 1.29 is 0 Å². The lowest BCUT2D eigenvalue weighted by atomic mass is 10.1. The number of benzene rings is 2. The van der Waals surface area contributed by atoms with Crippen molar-refractivity contribution in [2.75, 3.05) is 0 Å². The van der Waals surface area contributed by atoms with Gasteiger partial charge in [0, 0.05) is 18.0 Å². The molecule has 0 aliphatic carbocycles. The zero-order valence-electron chi connectivity index (χ0n) is 9.96. The van der Waals surface area contributed by atoms with E-state index in [1.807, 2.05) is 60.3 Å². The molecule has 0 aliphatic rings. The van der Waals surface area contributed by atoms with Crippen LogP contribution in [0, 0.1) is 11.3 Å². The number of rotatable bonds is 1. The van der Waals surface area contributed by atoms with Gasteiger partial charge in [-0.15, -0.1) is 0 Å². The highest BCUT2D eigenvalue weighted by atomic mass is 15.3. The Hall–Kier alpha value is -2.60. The third kappa shape index (κ3) is 1.56. The number of nitrogens with zero attached hydrogens (tertiary/aromatic N) is 3. The SMILES string of the molecule is Cn1nc(-c2ccccc2)c2ccc(C#N)cc21. The summed E-state index contributed by atoms with van der Waals surface area (Å²) in [7, 11) is 1.90. The second-order valence-corrected chi connectivity index (χ2v) is 4.18. The molecule has 0 fully saturated rings. The summed E-state index contributed by atoms with van der Waals surface area (Å²) in [6.45, 7) is 0. The van der Waals surface area contributed by atoms with E-state index < -0.39 is 0 Å².